The summed E-state index contributed by atoms with van der Waals surface area (Å²) in [5.41, 5.74) is 0.841. The Balaban J connectivity index is 1.59. The number of β-amino-alcohol motifs (C(OH)–C–C–N with tert-alkyl or cyclic N) is 1. The van der Waals surface area contributed by atoms with Gasteiger partial charge in [0.05, 0.1) is 12.6 Å². The third-order valence-corrected chi connectivity index (χ3v) is 4.01. The Morgan fingerprint density at radius 2 is 2.33 bits per heavy atom. The minimum absolute atomic E-state index is 0.278. The van der Waals surface area contributed by atoms with Crippen molar-refractivity contribution < 1.29 is 9.63 Å². The van der Waals surface area contributed by atoms with Crippen molar-refractivity contribution in [3.63, 3.8) is 0 Å². The zero-order valence-corrected chi connectivity index (χ0v) is 14.3. The predicted octanol–water partition coefficient (Wildman–Crippen LogP) is 2.24. The highest BCUT2D eigenvalue weighted by Gasteiger charge is 2.19. The van der Waals surface area contributed by atoms with E-state index in [0.717, 1.165) is 43.1 Å². The Bertz CT molecular complexity index is 658. The van der Waals surface area contributed by atoms with Gasteiger partial charge in [-0.25, -0.2) is 4.98 Å². The van der Waals surface area contributed by atoms with Gasteiger partial charge in [-0.3, -0.25) is 0 Å². The van der Waals surface area contributed by atoms with E-state index in [1.807, 2.05) is 12.1 Å². The summed E-state index contributed by atoms with van der Waals surface area (Å²) in [5, 5.41) is 17.1. The van der Waals surface area contributed by atoms with Crippen molar-refractivity contribution in [3.05, 3.63) is 29.8 Å². The van der Waals surface area contributed by atoms with Crippen LogP contribution in [0.15, 0.2) is 22.9 Å². The normalized spacial score (nSPS) is 18.2. The molecule has 1 aliphatic heterocycles. The number of rotatable bonds is 6. The second kappa shape index (κ2) is 7.61. The summed E-state index contributed by atoms with van der Waals surface area (Å²) >= 11 is 0. The quantitative estimate of drug-likeness (QED) is 0.839. The van der Waals surface area contributed by atoms with E-state index in [-0.39, 0.29) is 6.10 Å². The van der Waals surface area contributed by atoms with Gasteiger partial charge in [0, 0.05) is 31.8 Å². The van der Waals surface area contributed by atoms with Gasteiger partial charge in [-0.1, -0.05) is 19.0 Å². The Labute approximate surface area is 142 Å². The molecule has 1 atom stereocenters. The lowest BCUT2D eigenvalue weighted by molar-refractivity contribution is 0.154. The number of aliphatic hydroxyl groups excluding tert-OH is 1. The van der Waals surface area contributed by atoms with E-state index < -0.39 is 0 Å². The van der Waals surface area contributed by atoms with Crippen LogP contribution in [0.5, 0.6) is 0 Å². The van der Waals surface area contributed by atoms with Crippen LogP contribution in [-0.2, 0) is 13.0 Å². The molecule has 2 aromatic heterocycles. The highest BCUT2D eigenvalue weighted by molar-refractivity contribution is 5.43. The molecule has 1 saturated heterocycles. The molecule has 1 aliphatic rings. The molecule has 7 nitrogen and oxygen atoms in total. The molecule has 130 valence electrons. The molecule has 24 heavy (non-hydrogen) atoms. The van der Waals surface area contributed by atoms with Crippen LogP contribution in [-0.4, -0.2) is 39.4 Å². The van der Waals surface area contributed by atoms with Crippen LogP contribution in [0.25, 0.3) is 0 Å². The zero-order chi connectivity index (χ0) is 16.9. The van der Waals surface area contributed by atoms with Crippen molar-refractivity contribution in [1.29, 1.82) is 0 Å². The van der Waals surface area contributed by atoms with Crippen LogP contribution in [0.3, 0.4) is 0 Å². The summed E-state index contributed by atoms with van der Waals surface area (Å²) in [6.45, 7) is 6.36. The van der Waals surface area contributed by atoms with Crippen LogP contribution in [0, 0.1) is 5.92 Å². The summed E-state index contributed by atoms with van der Waals surface area (Å²) in [6.07, 6.45) is 4.18. The van der Waals surface area contributed by atoms with Gasteiger partial charge in [0.1, 0.15) is 17.3 Å². The molecule has 7 heteroatoms. The number of hydrogen-bond donors (Lipinski definition) is 2. The molecule has 1 fully saturated rings. The summed E-state index contributed by atoms with van der Waals surface area (Å²) in [7, 11) is 0. The number of aliphatic hydroxyl groups is 1. The van der Waals surface area contributed by atoms with Crippen molar-refractivity contribution in [2.75, 3.05) is 23.3 Å². The van der Waals surface area contributed by atoms with Gasteiger partial charge in [0.25, 0.3) is 0 Å². The van der Waals surface area contributed by atoms with Gasteiger partial charge in [0.2, 0.25) is 5.95 Å². The Morgan fingerprint density at radius 3 is 3.12 bits per heavy atom. The third-order valence-electron chi connectivity index (χ3n) is 4.01. The molecule has 0 aliphatic carbocycles. The fourth-order valence-corrected chi connectivity index (χ4v) is 2.88. The van der Waals surface area contributed by atoms with E-state index in [2.05, 4.69) is 39.2 Å². The van der Waals surface area contributed by atoms with Crippen LogP contribution in [0.1, 0.15) is 38.1 Å². The molecule has 0 unspecified atom stereocenters. The fraction of sp³-hybridized carbons (Fsp3) is 0.588. The molecule has 2 aromatic rings. The molecule has 2 N–H and O–H groups in total. The zero-order valence-electron chi connectivity index (χ0n) is 14.3. The lowest BCUT2D eigenvalue weighted by Gasteiger charge is -2.31. The maximum atomic E-state index is 9.81. The van der Waals surface area contributed by atoms with Gasteiger partial charge in [-0.2, -0.15) is 4.98 Å². The van der Waals surface area contributed by atoms with Crippen molar-refractivity contribution in [2.24, 2.45) is 5.92 Å². The van der Waals surface area contributed by atoms with E-state index in [1.54, 1.807) is 6.20 Å². The van der Waals surface area contributed by atoms with E-state index >= 15 is 0 Å². The molecule has 0 bridgehead atoms. The topological polar surface area (TPSA) is 87.3 Å². The van der Waals surface area contributed by atoms with E-state index in [0.29, 0.717) is 25.0 Å². The SMILES string of the molecule is CC(C)Cc1cc(CNc2nccc(N3CCC[C@@H](O)C3)n2)no1. The van der Waals surface area contributed by atoms with Gasteiger partial charge in [-0.05, 0) is 24.8 Å². The smallest absolute Gasteiger partial charge is 0.224 e. The molecule has 0 amide bonds. The van der Waals surface area contributed by atoms with Gasteiger partial charge >= 0.3 is 0 Å². The van der Waals surface area contributed by atoms with Gasteiger partial charge < -0.3 is 19.8 Å². The average Bonchev–Trinajstić information content (AvgIpc) is 3.00. The number of anilines is 2. The molecule has 3 heterocycles. The second-order valence-corrected chi connectivity index (χ2v) is 6.72. The monoisotopic (exact) mass is 331 g/mol. The predicted molar refractivity (Wildman–Crippen MR) is 91.9 cm³/mol. The minimum Gasteiger partial charge on any atom is -0.391 e. The van der Waals surface area contributed by atoms with E-state index in [1.165, 1.54) is 0 Å². The van der Waals surface area contributed by atoms with Crippen molar-refractivity contribution in [2.45, 2.75) is 45.8 Å². The van der Waals surface area contributed by atoms with Crippen LogP contribution >= 0.6 is 0 Å². The highest BCUT2D eigenvalue weighted by Crippen LogP contribution is 2.19. The molecule has 0 radical (unpaired) electrons. The number of hydrogen-bond acceptors (Lipinski definition) is 7. The molecule has 0 spiro atoms. The summed E-state index contributed by atoms with van der Waals surface area (Å²) in [6, 6.07) is 3.85. The van der Waals surface area contributed by atoms with Gasteiger partial charge in [0.15, 0.2) is 0 Å². The second-order valence-electron chi connectivity index (χ2n) is 6.72. The summed E-state index contributed by atoms with van der Waals surface area (Å²) in [5.74, 6) is 2.84. The number of nitrogens with one attached hydrogen (secondary N) is 1. The first-order valence-corrected chi connectivity index (χ1v) is 8.54. The fourth-order valence-electron chi connectivity index (χ4n) is 2.88. The van der Waals surface area contributed by atoms with E-state index in [9.17, 15) is 5.11 Å². The van der Waals surface area contributed by atoms with Crippen LogP contribution < -0.4 is 10.2 Å². The van der Waals surface area contributed by atoms with Crippen molar-refractivity contribution >= 4 is 11.8 Å². The lowest BCUT2D eigenvalue weighted by atomic mass is 10.1. The highest BCUT2D eigenvalue weighted by atomic mass is 16.5. The lowest BCUT2D eigenvalue weighted by Crippen LogP contribution is -2.38. The number of aromatic nitrogens is 3. The largest absolute Gasteiger partial charge is 0.391 e. The molecular formula is C17H25N5O2. The van der Waals surface area contributed by atoms with Crippen LogP contribution in [0.4, 0.5) is 11.8 Å². The number of piperidine rings is 1. The maximum Gasteiger partial charge on any atom is 0.224 e. The maximum absolute atomic E-state index is 9.81. The Morgan fingerprint density at radius 1 is 1.46 bits per heavy atom. The van der Waals surface area contributed by atoms with Crippen LogP contribution in [0.2, 0.25) is 0 Å². The molecular weight excluding hydrogens is 306 g/mol. The molecule has 0 saturated carbocycles. The van der Waals surface area contributed by atoms with Crippen molar-refractivity contribution in [3.8, 4) is 0 Å². The average molecular weight is 331 g/mol. The Hall–Kier alpha value is -2.15. The third kappa shape index (κ3) is 4.44. The van der Waals surface area contributed by atoms with E-state index in [4.69, 9.17) is 4.52 Å². The summed E-state index contributed by atoms with van der Waals surface area (Å²) < 4.78 is 5.33. The molecule has 0 aromatic carbocycles. The Kier molecular flexibility index (Phi) is 5.30. The van der Waals surface area contributed by atoms with Gasteiger partial charge in [-0.15, -0.1) is 0 Å². The molecule has 3 rings (SSSR count). The first kappa shape index (κ1) is 16.7. The first-order chi connectivity index (χ1) is 11.6. The standard InChI is InChI=1S/C17H25N5O2/c1-12(2)8-15-9-13(21-24-15)10-19-17-18-6-5-16(20-17)22-7-3-4-14(23)11-22/h5-6,9,12,14,23H,3-4,7-8,10-11H2,1-2H3,(H,18,19,20)/t14-/m1/s1. The minimum atomic E-state index is -0.278. The van der Waals surface area contributed by atoms with Crippen molar-refractivity contribution in [1.82, 2.24) is 15.1 Å². The number of nitrogens with zero attached hydrogens (tertiary/aromatic N) is 4. The summed E-state index contributed by atoms with van der Waals surface area (Å²) in [4.78, 5) is 10.9. The first-order valence-electron chi connectivity index (χ1n) is 8.54.